The van der Waals surface area contributed by atoms with Crippen molar-refractivity contribution in [1.29, 1.82) is 0 Å². The SMILES string of the molecule is CC(C)CC(=O)C1=C(O)C(=O)N(c2ccccc2)C1c1ccc(Cl)cc1. The van der Waals surface area contributed by atoms with E-state index in [0.29, 0.717) is 10.7 Å². The molecule has 1 heterocycles. The van der Waals surface area contributed by atoms with Gasteiger partial charge in [0.1, 0.15) is 0 Å². The molecule has 1 atom stereocenters. The van der Waals surface area contributed by atoms with Crippen molar-refractivity contribution in [2.45, 2.75) is 26.3 Å². The first-order chi connectivity index (χ1) is 12.4. The number of aliphatic hydroxyl groups excluding tert-OH is 1. The van der Waals surface area contributed by atoms with Crippen molar-refractivity contribution in [2.75, 3.05) is 4.90 Å². The Bertz CT molecular complexity index is 857. The average Bonchev–Trinajstić information content (AvgIpc) is 2.87. The lowest BCUT2D eigenvalue weighted by Crippen LogP contribution is -2.31. The maximum atomic E-state index is 12.8. The predicted octanol–water partition coefficient (Wildman–Crippen LogP) is 4.86. The zero-order valence-electron chi connectivity index (χ0n) is 14.6. The fourth-order valence-electron chi connectivity index (χ4n) is 3.19. The first-order valence-corrected chi connectivity index (χ1v) is 8.88. The summed E-state index contributed by atoms with van der Waals surface area (Å²) in [5, 5.41) is 11.1. The number of para-hydroxylation sites is 1. The molecule has 2 aromatic rings. The minimum atomic E-state index is -0.673. The third kappa shape index (κ3) is 3.37. The second-order valence-electron chi connectivity index (χ2n) is 6.75. The number of halogens is 1. The Hall–Kier alpha value is -2.59. The molecule has 3 rings (SSSR count). The fourth-order valence-corrected chi connectivity index (χ4v) is 3.31. The highest BCUT2D eigenvalue weighted by Gasteiger charge is 2.44. The predicted molar refractivity (Wildman–Crippen MR) is 102 cm³/mol. The van der Waals surface area contributed by atoms with Crippen LogP contribution in [-0.4, -0.2) is 16.8 Å². The molecule has 0 radical (unpaired) electrons. The smallest absolute Gasteiger partial charge is 0.294 e. The van der Waals surface area contributed by atoms with Gasteiger partial charge in [-0.2, -0.15) is 0 Å². The molecule has 0 fully saturated rings. The average molecular weight is 370 g/mol. The third-order valence-corrected chi connectivity index (χ3v) is 4.57. The van der Waals surface area contributed by atoms with Crippen LogP contribution in [0.4, 0.5) is 5.69 Å². The van der Waals surface area contributed by atoms with Gasteiger partial charge in [-0.1, -0.05) is 55.8 Å². The second kappa shape index (κ2) is 7.34. The lowest BCUT2D eigenvalue weighted by atomic mass is 9.92. The lowest BCUT2D eigenvalue weighted by Gasteiger charge is -2.27. The summed E-state index contributed by atoms with van der Waals surface area (Å²) in [5.41, 5.74) is 1.49. The minimum absolute atomic E-state index is 0.120. The summed E-state index contributed by atoms with van der Waals surface area (Å²) in [6.45, 7) is 3.86. The quantitative estimate of drug-likeness (QED) is 0.819. The number of nitrogens with zero attached hydrogens (tertiary/aromatic N) is 1. The van der Waals surface area contributed by atoms with Crippen molar-refractivity contribution in [2.24, 2.45) is 5.92 Å². The van der Waals surface area contributed by atoms with Gasteiger partial charge in [0.2, 0.25) is 0 Å². The van der Waals surface area contributed by atoms with Crippen molar-refractivity contribution in [3.63, 3.8) is 0 Å². The van der Waals surface area contributed by atoms with E-state index in [0.717, 1.165) is 5.56 Å². The summed E-state index contributed by atoms with van der Waals surface area (Å²) >= 11 is 5.99. The van der Waals surface area contributed by atoms with Crippen LogP contribution in [0.25, 0.3) is 0 Å². The Balaban J connectivity index is 2.13. The van der Waals surface area contributed by atoms with E-state index < -0.39 is 17.7 Å². The summed E-state index contributed by atoms with van der Waals surface area (Å²) in [5.74, 6) is -1.14. The largest absolute Gasteiger partial charge is 0.503 e. The van der Waals surface area contributed by atoms with Gasteiger partial charge < -0.3 is 5.11 Å². The number of carbonyl (C=O) groups excluding carboxylic acids is 2. The molecule has 5 heteroatoms. The number of Topliss-reactive ketones (excluding diaryl/α,β-unsaturated/α-hetero) is 1. The Labute approximate surface area is 157 Å². The summed E-state index contributed by atoms with van der Waals surface area (Å²) in [7, 11) is 0. The zero-order valence-corrected chi connectivity index (χ0v) is 15.4. The fraction of sp³-hybridized carbons (Fsp3) is 0.238. The van der Waals surface area contributed by atoms with Crippen LogP contribution >= 0.6 is 11.6 Å². The second-order valence-corrected chi connectivity index (χ2v) is 7.18. The minimum Gasteiger partial charge on any atom is -0.503 e. The van der Waals surface area contributed by atoms with Crippen LogP contribution in [-0.2, 0) is 9.59 Å². The number of hydrogen-bond acceptors (Lipinski definition) is 3. The molecule has 2 aromatic carbocycles. The summed E-state index contributed by atoms with van der Waals surface area (Å²) in [4.78, 5) is 27.1. The van der Waals surface area contributed by atoms with E-state index >= 15 is 0 Å². The zero-order chi connectivity index (χ0) is 18.8. The molecule has 1 aliphatic heterocycles. The van der Waals surface area contributed by atoms with E-state index in [9.17, 15) is 14.7 Å². The first kappa shape index (κ1) is 18.2. The van der Waals surface area contributed by atoms with Gasteiger partial charge in [0.25, 0.3) is 5.91 Å². The number of amides is 1. The van der Waals surface area contributed by atoms with Crippen LogP contribution in [0, 0.1) is 5.92 Å². The number of anilines is 1. The Morgan fingerprint density at radius 1 is 1.12 bits per heavy atom. The van der Waals surface area contributed by atoms with Crippen molar-refractivity contribution < 1.29 is 14.7 Å². The van der Waals surface area contributed by atoms with Gasteiger partial charge >= 0.3 is 0 Å². The monoisotopic (exact) mass is 369 g/mol. The molecule has 26 heavy (non-hydrogen) atoms. The molecule has 0 aromatic heterocycles. The molecule has 4 nitrogen and oxygen atoms in total. The van der Waals surface area contributed by atoms with E-state index in [2.05, 4.69) is 0 Å². The molecule has 0 saturated carbocycles. The van der Waals surface area contributed by atoms with Crippen LogP contribution in [0.15, 0.2) is 65.9 Å². The highest BCUT2D eigenvalue weighted by atomic mass is 35.5. The molecule has 1 N–H and O–H groups in total. The molecule has 134 valence electrons. The Morgan fingerprint density at radius 2 is 1.73 bits per heavy atom. The van der Waals surface area contributed by atoms with E-state index in [1.54, 1.807) is 36.4 Å². The third-order valence-electron chi connectivity index (χ3n) is 4.32. The van der Waals surface area contributed by atoms with E-state index in [1.165, 1.54) is 4.90 Å². The van der Waals surface area contributed by atoms with Gasteiger partial charge in [0.15, 0.2) is 11.5 Å². The van der Waals surface area contributed by atoms with Gasteiger partial charge in [-0.3, -0.25) is 14.5 Å². The topological polar surface area (TPSA) is 57.6 Å². The molecule has 0 saturated heterocycles. The first-order valence-electron chi connectivity index (χ1n) is 8.50. The van der Waals surface area contributed by atoms with Crippen LogP contribution in [0.3, 0.4) is 0 Å². The van der Waals surface area contributed by atoms with Crippen molar-refractivity contribution in [1.82, 2.24) is 0 Å². The number of benzene rings is 2. The number of ketones is 1. The van der Waals surface area contributed by atoms with Crippen molar-refractivity contribution >= 4 is 29.0 Å². The molecule has 0 spiro atoms. The molecular weight excluding hydrogens is 350 g/mol. The number of aliphatic hydroxyl groups is 1. The molecular formula is C21H20ClNO3. The Kier molecular flexibility index (Phi) is 5.14. The van der Waals surface area contributed by atoms with Gasteiger partial charge in [0.05, 0.1) is 11.6 Å². The van der Waals surface area contributed by atoms with Gasteiger partial charge in [-0.15, -0.1) is 0 Å². The van der Waals surface area contributed by atoms with Crippen LogP contribution in [0.5, 0.6) is 0 Å². The lowest BCUT2D eigenvalue weighted by molar-refractivity contribution is -0.118. The molecule has 1 aliphatic rings. The molecule has 0 bridgehead atoms. The van der Waals surface area contributed by atoms with E-state index in [4.69, 9.17) is 11.6 Å². The highest BCUT2D eigenvalue weighted by molar-refractivity contribution is 6.30. The number of carbonyl (C=O) groups is 2. The highest BCUT2D eigenvalue weighted by Crippen LogP contribution is 2.41. The van der Waals surface area contributed by atoms with Gasteiger partial charge in [-0.25, -0.2) is 0 Å². The van der Waals surface area contributed by atoms with Crippen molar-refractivity contribution in [3.8, 4) is 0 Å². The van der Waals surface area contributed by atoms with Crippen LogP contribution in [0.1, 0.15) is 31.9 Å². The molecule has 1 amide bonds. The molecule has 0 aliphatic carbocycles. The summed E-state index contributed by atoms with van der Waals surface area (Å²) < 4.78 is 0. The summed E-state index contributed by atoms with van der Waals surface area (Å²) in [6.07, 6.45) is 0.263. The maximum Gasteiger partial charge on any atom is 0.294 e. The number of rotatable bonds is 5. The van der Waals surface area contributed by atoms with E-state index in [-0.39, 0.29) is 23.7 Å². The van der Waals surface area contributed by atoms with Gasteiger partial charge in [0, 0.05) is 17.1 Å². The summed E-state index contributed by atoms with van der Waals surface area (Å²) in [6, 6.07) is 15.3. The van der Waals surface area contributed by atoms with Gasteiger partial charge in [-0.05, 0) is 35.7 Å². The number of hydrogen-bond donors (Lipinski definition) is 1. The molecule has 1 unspecified atom stereocenters. The van der Waals surface area contributed by atoms with Crippen LogP contribution in [0.2, 0.25) is 5.02 Å². The van der Waals surface area contributed by atoms with Crippen molar-refractivity contribution in [3.05, 3.63) is 76.5 Å². The normalized spacial score (nSPS) is 17.3. The van der Waals surface area contributed by atoms with E-state index in [1.807, 2.05) is 32.0 Å². The Morgan fingerprint density at radius 3 is 2.31 bits per heavy atom. The maximum absolute atomic E-state index is 12.8. The standard InChI is InChI=1S/C21H20ClNO3/c1-13(2)12-17(24)18-19(14-8-10-15(22)11-9-14)23(21(26)20(18)25)16-6-4-3-5-7-16/h3-11,13,19,25H,12H2,1-2H3. The van der Waals surface area contributed by atoms with Crippen LogP contribution < -0.4 is 4.90 Å².